The summed E-state index contributed by atoms with van der Waals surface area (Å²) in [5.74, 6) is -0.332. The summed E-state index contributed by atoms with van der Waals surface area (Å²) in [4.78, 5) is 15.5. The third-order valence-electron chi connectivity index (χ3n) is 3.25. The Morgan fingerprint density at radius 2 is 2.13 bits per heavy atom. The smallest absolute Gasteiger partial charge is 0.412 e. The van der Waals surface area contributed by atoms with Crippen molar-refractivity contribution >= 4 is 11.8 Å². The van der Waals surface area contributed by atoms with E-state index in [1.807, 2.05) is 0 Å². The normalized spacial score (nSPS) is 16.0. The summed E-state index contributed by atoms with van der Waals surface area (Å²) in [6.07, 6.45) is 2.49. The fourth-order valence-corrected chi connectivity index (χ4v) is 2.13. The van der Waals surface area contributed by atoms with Gasteiger partial charge in [-0.25, -0.2) is 14.2 Å². The van der Waals surface area contributed by atoms with E-state index in [1.54, 1.807) is 20.8 Å². The van der Waals surface area contributed by atoms with Crippen LogP contribution in [-0.2, 0) is 9.47 Å². The maximum absolute atomic E-state index is 14.0. The molecular weight excluding hydrogens is 303 g/mol. The molecular formula is C16H23FN2O4. The Kier molecular flexibility index (Phi) is 5.76. The highest BCUT2D eigenvalue weighted by atomic mass is 19.1. The summed E-state index contributed by atoms with van der Waals surface area (Å²) in [5, 5.41) is 2.44. The molecule has 1 aliphatic rings. The predicted molar refractivity (Wildman–Crippen MR) is 83.1 cm³/mol. The minimum absolute atomic E-state index is 0.0637. The molecule has 1 amide bonds. The van der Waals surface area contributed by atoms with Gasteiger partial charge in [-0.1, -0.05) is 0 Å². The lowest BCUT2D eigenvalue weighted by Gasteiger charge is -2.22. The molecule has 0 aliphatic carbocycles. The van der Waals surface area contributed by atoms with Crippen molar-refractivity contribution in [2.24, 2.45) is 5.92 Å². The molecule has 0 saturated carbocycles. The zero-order chi connectivity index (χ0) is 16.9. The van der Waals surface area contributed by atoms with Crippen molar-refractivity contribution in [3.63, 3.8) is 0 Å². The molecule has 0 radical (unpaired) electrons. The van der Waals surface area contributed by atoms with Gasteiger partial charge in [0.2, 0.25) is 0 Å². The lowest BCUT2D eigenvalue weighted by molar-refractivity contribution is 0.0484. The zero-order valence-corrected chi connectivity index (χ0v) is 13.7. The molecule has 1 N–H and O–H groups in total. The molecule has 0 spiro atoms. The number of hydrogen-bond donors (Lipinski definition) is 1. The number of rotatable bonds is 4. The van der Waals surface area contributed by atoms with Crippen molar-refractivity contribution in [3.05, 3.63) is 18.1 Å². The van der Waals surface area contributed by atoms with Crippen molar-refractivity contribution in [1.82, 2.24) is 4.98 Å². The van der Waals surface area contributed by atoms with Crippen LogP contribution in [0.3, 0.4) is 0 Å². The van der Waals surface area contributed by atoms with E-state index in [4.69, 9.17) is 14.2 Å². The van der Waals surface area contributed by atoms with Crippen LogP contribution in [0.5, 0.6) is 5.88 Å². The number of carbonyl (C=O) groups is 1. The summed E-state index contributed by atoms with van der Waals surface area (Å²) in [6.45, 7) is 7.08. The lowest BCUT2D eigenvalue weighted by Crippen LogP contribution is -2.27. The van der Waals surface area contributed by atoms with Crippen LogP contribution >= 0.6 is 0 Å². The Morgan fingerprint density at radius 3 is 2.74 bits per heavy atom. The topological polar surface area (TPSA) is 69.7 Å². The van der Waals surface area contributed by atoms with Crippen LogP contribution in [0.15, 0.2) is 12.3 Å². The Morgan fingerprint density at radius 1 is 1.43 bits per heavy atom. The highest BCUT2D eigenvalue weighted by molar-refractivity contribution is 5.84. The molecule has 7 heteroatoms. The van der Waals surface area contributed by atoms with E-state index < -0.39 is 17.5 Å². The number of carbonyl (C=O) groups excluding carboxylic acids is 1. The fourth-order valence-electron chi connectivity index (χ4n) is 2.13. The van der Waals surface area contributed by atoms with Gasteiger partial charge < -0.3 is 14.2 Å². The van der Waals surface area contributed by atoms with Crippen molar-refractivity contribution in [2.75, 3.05) is 25.1 Å². The molecule has 23 heavy (non-hydrogen) atoms. The van der Waals surface area contributed by atoms with Gasteiger partial charge in [0.15, 0.2) is 5.82 Å². The Balaban J connectivity index is 1.88. The largest absolute Gasteiger partial charge is 0.475 e. The van der Waals surface area contributed by atoms with Crippen molar-refractivity contribution in [3.8, 4) is 5.88 Å². The number of pyridine rings is 1. The van der Waals surface area contributed by atoms with Gasteiger partial charge in [0, 0.05) is 19.3 Å². The number of hydrogen-bond acceptors (Lipinski definition) is 5. The summed E-state index contributed by atoms with van der Waals surface area (Å²) < 4.78 is 29.8. The standard InChI is InChI=1S/C16H23FN2O4/c1-16(2,3)23-15(20)19-12-8-13(17)14(18-9-12)22-10-11-4-6-21-7-5-11/h8-9,11H,4-7,10H2,1-3H3,(H,19,20). The van der Waals surface area contributed by atoms with E-state index >= 15 is 0 Å². The zero-order valence-electron chi connectivity index (χ0n) is 13.7. The van der Waals surface area contributed by atoms with Crippen LogP contribution < -0.4 is 10.1 Å². The minimum atomic E-state index is -0.658. The number of halogens is 1. The first-order valence-electron chi connectivity index (χ1n) is 7.69. The van der Waals surface area contributed by atoms with Gasteiger partial charge in [-0.2, -0.15) is 0 Å². The Labute approximate surface area is 135 Å². The van der Waals surface area contributed by atoms with Gasteiger partial charge in [0.25, 0.3) is 5.88 Å². The fraction of sp³-hybridized carbons (Fsp3) is 0.625. The van der Waals surface area contributed by atoms with Crippen molar-refractivity contribution < 1.29 is 23.4 Å². The molecule has 1 aromatic rings. The first-order valence-corrected chi connectivity index (χ1v) is 7.69. The van der Waals surface area contributed by atoms with Crippen LogP contribution in [-0.4, -0.2) is 36.5 Å². The second-order valence-electron chi connectivity index (χ2n) is 6.50. The van der Waals surface area contributed by atoms with E-state index in [9.17, 15) is 9.18 Å². The third kappa shape index (κ3) is 6.02. The average molecular weight is 326 g/mol. The molecule has 2 heterocycles. The van der Waals surface area contributed by atoms with Gasteiger partial charge in [-0.3, -0.25) is 5.32 Å². The van der Waals surface area contributed by atoms with Crippen LogP contribution in [0.25, 0.3) is 0 Å². The van der Waals surface area contributed by atoms with E-state index in [1.165, 1.54) is 6.20 Å². The molecule has 1 fully saturated rings. The number of ether oxygens (including phenoxy) is 3. The molecule has 0 unspecified atom stereocenters. The summed E-state index contributed by atoms with van der Waals surface area (Å²) in [6, 6.07) is 1.16. The third-order valence-corrected chi connectivity index (χ3v) is 3.25. The first-order chi connectivity index (χ1) is 10.8. The van der Waals surface area contributed by atoms with Crippen LogP contribution in [0.4, 0.5) is 14.9 Å². The highest BCUT2D eigenvalue weighted by Crippen LogP contribution is 2.21. The highest BCUT2D eigenvalue weighted by Gasteiger charge is 2.18. The quantitative estimate of drug-likeness (QED) is 0.918. The number of nitrogens with zero attached hydrogens (tertiary/aromatic N) is 1. The number of amides is 1. The summed E-state index contributed by atoms with van der Waals surface area (Å²) in [7, 11) is 0. The first kappa shape index (κ1) is 17.5. The molecule has 0 atom stereocenters. The van der Waals surface area contributed by atoms with Gasteiger partial charge in [0.05, 0.1) is 18.5 Å². The van der Waals surface area contributed by atoms with Gasteiger partial charge in [0.1, 0.15) is 5.60 Å². The predicted octanol–water partition coefficient (Wildman–Crippen LogP) is 3.37. The van der Waals surface area contributed by atoms with Crippen LogP contribution in [0.1, 0.15) is 33.6 Å². The number of aromatic nitrogens is 1. The van der Waals surface area contributed by atoms with Crippen LogP contribution in [0.2, 0.25) is 0 Å². The van der Waals surface area contributed by atoms with Gasteiger partial charge in [-0.15, -0.1) is 0 Å². The molecule has 1 saturated heterocycles. The maximum Gasteiger partial charge on any atom is 0.412 e. The van der Waals surface area contributed by atoms with E-state index in [-0.39, 0.29) is 11.6 Å². The van der Waals surface area contributed by atoms with Gasteiger partial charge >= 0.3 is 6.09 Å². The Bertz CT molecular complexity index is 539. The summed E-state index contributed by atoms with van der Waals surface area (Å²) in [5.41, 5.74) is -0.404. The molecule has 1 aromatic heterocycles. The minimum Gasteiger partial charge on any atom is -0.475 e. The molecule has 6 nitrogen and oxygen atoms in total. The van der Waals surface area contributed by atoms with Gasteiger partial charge in [-0.05, 0) is 39.5 Å². The van der Waals surface area contributed by atoms with E-state index in [2.05, 4.69) is 10.3 Å². The van der Waals surface area contributed by atoms with E-state index in [0.717, 1.165) is 18.9 Å². The number of nitrogens with one attached hydrogen (secondary N) is 1. The van der Waals surface area contributed by atoms with E-state index in [0.29, 0.717) is 25.7 Å². The second kappa shape index (κ2) is 7.59. The van der Waals surface area contributed by atoms with Crippen molar-refractivity contribution in [2.45, 2.75) is 39.2 Å². The maximum atomic E-state index is 14.0. The average Bonchev–Trinajstić information content (AvgIpc) is 2.45. The van der Waals surface area contributed by atoms with Crippen LogP contribution in [0, 0.1) is 11.7 Å². The molecule has 0 aromatic carbocycles. The number of anilines is 1. The molecule has 128 valence electrons. The molecule has 0 bridgehead atoms. The monoisotopic (exact) mass is 326 g/mol. The molecule has 1 aliphatic heterocycles. The lowest BCUT2D eigenvalue weighted by atomic mass is 10.0. The van der Waals surface area contributed by atoms with Crippen molar-refractivity contribution in [1.29, 1.82) is 0 Å². The second-order valence-corrected chi connectivity index (χ2v) is 6.50. The Hall–Kier alpha value is -1.89. The SMILES string of the molecule is CC(C)(C)OC(=O)Nc1cnc(OCC2CCOCC2)c(F)c1. The summed E-state index contributed by atoms with van der Waals surface area (Å²) >= 11 is 0. The molecule has 2 rings (SSSR count).